The Morgan fingerprint density at radius 1 is 1.42 bits per heavy atom. The van der Waals surface area contributed by atoms with Gasteiger partial charge in [-0.1, -0.05) is 12.1 Å². The van der Waals surface area contributed by atoms with E-state index >= 15 is 0 Å². The SMILES string of the molecule is CC(CCCC(=O)O)(Nc1ccccc1Br)C(N)=O. The predicted molar refractivity (Wildman–Crippen MR) is 76.9 cm³/mol. The zero-order valence-electron chi connectivity index (χ0n) is 10.6. The van der Waals surface area contributed by atoms with Gasteiger partial charge in [-0.25, -0.2) is 0 Å². The molecule has 0 radical (unpaired) electrons. The summed E-state index contributed by atoms with van der Waals surface area (Å²) in [6.07, 6.45) is 0.753. The van der Waals surface area contributed by atoms with E-state index in [-0.39, 0.29) is 6.42 Å². The Bertz CT molecular complexity index is 479. The minimum absolute atomic E-state index is 0.0144. The maximum Gasteiger partial charge on any atom is 0.303 e. The minimum Gasteiger partial charge on any atom is -0.481 e. The number of carboxylic acid groups (broad SMARTS) is 1. The number of halogens is 1. The molecule has 0 bridgehead atoms. The van der Waals surface area contributed by atoms with Gasteiger partial charge < -0.3 is 16.2 Å². The Balaban J connectivity index is 2.79. The molecular weight excluding hydrogens is 312 g/mol. The van der Waals surface area contributed by atoms with Crippen LogP contribution in [0.4, 0.5) is 5.69 Å². The number of carboxylic acids is 1. The molecule has 0 aromatic heterocycles. The zero-order chi connectivity index (χ0) is 14.5. The second kappa shape index (κ2) is 6.56. The maximum absolute atomic E-state index is 11.6. The molecule has 0 fully saturated rings. The summed E-state index contributed by atoms with van der Waals surface area (Å²) in [6.45, 7) is 1.68. The van der Waals surface area contributed by atoms with Crippen molar-refractivity contribution in [2.24, 2.45) is 5.73 Å². The van der Waals surface area contributed by atoms with E-state index in [4.69, 9.17) is 10.8 Å². The molecule has 0 saturated heterocycles. The smallest absolute Gasteiger partial charge is 0.303 e. The van der Waals surface area contributed by atoms with Gasteiger partial charge in [-0.3, -0.25) is 9.59 Å². The average Bonchev–Trinajstić information content (AvgIpc) is 2.31. The van der Waals surface area contributed by atoms with Crippen molar-refractivity contribution in [2.75, 3.05) is 5.32 Å². The number of nitrogens with two attached hydrogens (primary N) is 1. The van der Waals surface area contributed by atoms with Crippen LogP contribution < -0.4 is 11.1 Å². The number of hydrogen-bond acceptors (Lipinski definition) is 3. The third kappa shape index (κ3) is 4.55. The first-order valence-corrected chi connectivity index (χ1v) is 6.69. The largest absolute Gasteiger partial charge is 0.481 e. The fourth-order valence-electron chi connectivity index (χ4n) is 1.70. The summed E-state index contributed by atoms with van der Waals surface area (Å²) >= 11 is 3.38. The number of primary amides is 1. The number of amides is 1. The summed E-state index contributed by atoms with van der Waals surface area (Å²) in [5.74, 6) is -1.39. The van der Waals surface area contributed by atoms with Gasteiger partial charge in [-0.15, -0.1) is 0 Å². The van der Waals surface area contributed by atoms with E-state index in [9.17, 15) is 9.59 Å². The van der Waals surface area contributed by atoms with E-state index in [1.54, 1.807) is 6.92 Å². The van der Waals surface area contributed by atoms with E-state index < -0.39 is 17.4 Å². The average molecular weight is 329 g/mol. The summed E-state index contributed by atoms with van der Waals surface area (Å²) in [5.41, 5.74) is 5.20. The van der Waals surface area contributed by atoms with Gasteiger partial charge in [-0.05, 0) is 47.8 Å². The van der Waals surface area contributed by atoms with Crippen LogP contribution in [0.2, 0.25) is 0 Å². The van der Waals surface area contributed by atoms with Crippen molar-refractivity contribution in [3.63, 3.8) is 0 Å². The van der Waals surface area contributed by atoms with Gasteiger partial charge in [0.05, 0.1) is 0 Å². The summed E-state index contributed by atoms with van der Waals surface area (Å²) < 4.78 is 0.820. The molecule has 1 rings (SSSR count). The van der Waals surface area contributed by atoms with Crippen molar-refractivity contribution < 1.29 is 14.7 Å². The summed E-state index contributed by atoms with van der Waals surface area (Å²) in [5, 5.41) is 11.7. The first kappa shape index (κ1) is 15.5. The number of benzene rings is 1. The van der Waals surface area contributed by atoms with Gasteiger partial charge in [-0.2, -0.15) is 0 Å². The first-order chi connectivity index (χ1) is 8.85. The molecule has 19 heavy (non-hydrogen) atoms. The Hall–Kier alpha value is -1.56. The highest BCUT2D eigenvalue weighted by molar-refractivity contribution is 9.10. The Labute approximate surface area is 120 Å². The van der Waals surface area contributed by atoms with Crippen molar-refractivity contribution in [2.45, 2.75) is 31.7 Å². The van der Waals surface area contributed by atoms with E-state index in [0.29, 0.717) is 12.8 Å². The Morgan fingerprint density at radius 2 is 2.05 bits per heavy atom. The van der Waals surface area contributed by atoms with Crippen LogP contribution >= 0.6 is 15.9 Å². The number of para-hydroxylation sites is 1. The van der Waals surface area contributed by atoms with Gasteiger partial charge in [0, 0.05) is 16.6 Å². The summed E-state index contributed by atoms with van der Waals surface area (Å²) in [6, 6.07) is 7.37. The van der Waals surface area contributed by atoms with E-state index in [1.807, 2.05) is 24.3 Å². The fourth-order valence-corrected chi connectivity index (χ4v) is 2.08. The predicted octanol–water partition coefficient (Wildman–Crippen LogP) is 2.36. The van der Waals surface area contributed by atoms with Crippen molar-refractivity contribution in [3.05, 3.63) is 28.7 Å². The molecule has 4 N–H and O–H groups in total. The molecule has 1 unspecified atom stereocenters. The number of nitrogens with one attached hydrogen (secondary N) is 1. The molecule has 0 saturated carbocycles. The minimum atomic E-state index is -0.973. The van der Waals surface area contributed by atoms with Gasteiger partial charge in [0.25, 0.3) is 0 Å². The van der Waals surface area contributed by atoms with Crippen LogP contribution in [0.5, 0.6) is 0 Å². The number of carbonyl (C=O) groups is 2. The molecule has 1 amide bonds. The van der Waals surface area contributed by atoms with Gasteiger partial charge in [0.2, 0.25) is 5.91 Å². The molecule has 0 aliphatic rings. The molecule has 5 nitrogen and oxygen atoms in total. The molecular formula is C13H17BrN2O3. The second-order valence-corrected chi connectivity index (χ2v) is 5.40. The van der Waals surface area contributed by atoms with Crippen molar-refractivity contribution in [1.29, 1.82) is 0 Å². The molecule has 1 atom stereocenters. The van der Waals surface area contributed by atoms with Crippen LogP contribution in [-0.2, 0) is 9.59 Å². The first-order valence-electron chi connectivity index (χ1n) is 5.89. The normalized spacial score (nSPS) is 13.6. The molecule has 0 spiro atoms. The van der Waals surface area contributed by atoms with Crippen molar-refractivity contribution >= 4 is 33.5 Å². The summed E-state index contributed by atoms with van der Waals surface area (Å²) in [4.78, 5) is 22.1. The lowest BCUT2D eigenvalue weighted by molar-refractivity contribution is -0.137. The van der Waals surface area contributed by atoms with Crippen LogP contribution in [-0.4, -0.2) is 22.5 Å². The van der Waals surface area contributed by atoms with Gasteiger partial charge in [0.1, 0.15) is 5.54 Å². The number of hydrogen-bond donors (Lipinski definition) is 3. The molecule has 104 valence electrons. The third-order valence-corrected chi connectivity index (χ3v) is 3.59. The number of carbonyl (C=O) groups excluding carboxylic acids is 1. The van der Waals surface area contributed by atoms with Gasteiger partial charge >= 0.3 is 5.97 Å². The lowest BCUT2D eigenvalue weighted by Gasteiger charge is -2.29. The van der Waals surface area contributed by atoms with Crippen molar-refractivity contribution in [3.8, 4) is 0 Å². The lowest BCUT2D eigenvalue weighted by atomic mass is 9.93. The van der Waals surface area contributed by atoms with Gasteiger partial charge in [0.15, 0.2) is 0 Å². The second-order valence-electron chi connectivity index (χ2n) is 4.55. The Kier molecular flexibility index (Phi) is 5.35. The van der Waals surface area contributed by atoms with Crippen LogP contribution in [0.15, 0.2) is 28.7 Å². The van der Waals surface area contributed by atoms with E-state index in [0.717, 1.165) is 10.2 Å². The highest BCUT2D eigenvalue weighted by Crippen LogP contribution is 2.27. The highest BCUT2D eigenvalue weighted by atomic mass is 79.9. The van der Waals surface area contributed by atoms with Crippen LogP contribution in [0.25, 0.3) is 0 Å². The van der Waals surface area contributed by atoms with Crippen LogP contribution in [0, 0.1) is 0 Å². The number of aliphatic carboxylic acids is 1. The fraction of sp³-hybridized carbons (Fsp3) is 0.385. The third-order valence-electron chi connectivity index (χ3n) is 2.90. The Morgan fingerprint density at radius 3 is 2.58 bits per heavy atom. The van der Waals surface area contributed by atoms with E-state index in [1.165, 1.54) is 0 Å². The topological polar surface area (TPSA) is 92.4 Å². The quantitative estimate of drug-likeness (QED) is 0.716. The number of anilines is 1. The standard InChI is InChI=1S/C13H17BrN2O3/c1-13(12(15)19,8-4-7-11(17)18)16-10-6-3-2-5-9(10)14/h2-3,5-6,16H,4,7-8H2,1H3,(H2,15,19)(H,17,18). The monoisotopic (exact) mass is 328 g/mol. The van der Waals surface area contributed by atoms with E-state index in [2.05, 4.69) is 21.2 Å². The van der Waals surface area contributed by atoms with Crippen LogP contribution in [0.1, 0.15) is 26.2 Å². The molecule has 1 aromatic carbocycles. The molecule has 6 heteroatoms. The lowest BCUT2D eigenvalue weighted by Crippen LogP contribution is -2.48. The van der Waals surface area contributed by atoms with Crippen LogP contribution in [0.3, 0.4) is 0 Å². The zero-order valence-corrected chi connectivity index (χ0v) is 12.2. The molecule has 0 aliphatic carbocycles. The molecule has 0 aliphatic heterocycles. The molecule has 0 heterocycles. The van der Waals surface area contributed by atoms with Crippen molar-refractivity contribution in [1.82, 2.24) is 0 Å². The maximum atomic E-state index is 11.6. The highest BCUT2D eigenvalue weighted by Gasteiger charge is 2.31. The number of rotatable bonds is 7. The molecule has 1 aromatic rings. The summed E-state index contributed by atoms with van der Waals surface area (Å²) in [7, 11) is 0.